The number of hydrogen-bond acceptors (Lipinski definition) is 6. The first kappa shape index (κ1) is 18.0. The van der Waals surface area contributed by atoms with E-state index in [1.54, 1.807) is 18.5 Å². The number of nitrogens with one attached hydrogen (secondary N) is 3. The third kappa shape index (κ3) is 3.81. The summed E-state index contributed by atoms with van der Waals surface area (Å²) in [6.45, 7) is 3.10. The zero-order valence-corrected chi connectivity index (χ0v) is 15.3. The molecular weight excluding hydrogens is 359 g/mol. The molecule has 3 heterocycles. The highest BCUT2D eigenvalue weighted by Gasteiger charge is 2.20. The van der Waals surface area contributed by atoms with Gasteiger partial charge in [0.2, 0.25) is 5.91 Å². The van der Waals surface area contributed by atoms with E-state index in [2.05, 4.69) is 30.9 Å². The molecule has 0 saturated heterocycles. The van der Waals surface area contributed by atoms with E-state index in [1.165, 1.54) is 12.1 Å². The fourth-order valence-corrected chi connectivity index (χ4v) is 3.03. The van der Waals surface area contributed by atoms with Crippen molar-refractivity contribution in [1.82, 2.24) is 20.3 Å². The Morgan fingerprint density at radius 1 is 1.25 bits per heavy atom. The summed E-state index contributed by atoms with van der Waals surface area (Å²) in [6.07, 6.45) is 3.39. The van der Waals surface area contributed by atoms with Crippen molar-refractivity contribution in [3.8, 4) is 11.4 Å². The maximum Gasteiger partial charge on any atom is 0.243 e. The monoisotopic (exact) mass is 378 g/mol. The second kappa shape index (κ2) is 7.69. The van der Waals surface area contributed by atoms with Crippen LogP contribution in [-0.2, 0) is 17.9 Å². The Hall–Kier alpha value is -3.39. The molecule has 0 spiro atoms. The van der Waals surface area contributed by atoms with E-state index in [0.717, 1.165) is 22.4 Å². The average Bonchev–Trinajstić information content (AvgIpc) is 3.18. The minimum absolute atomic E-state index is 0.00584. The van der Waals surface area contributed by atoms with Crippen LogP contribution in [0.4, 0.5) is 15.9 Å². The van der Waals surface area contributed by atoms with Crippen LogP contribution < -0.4 is 16.0 Å². The number of fused-ring (bicyclic) bond motifs is 1. The number of aryl methyl sites for hydroxylation is 1. The standard InChI is InChI=1S/C20H19FN6O/c1-12-4-5-14(21)7-16(12)25-18(28)11-24-20-15-9-23-10-17(15)26-19(27-20)13-3-2-6-22-8-13/h2-8,23H,9-11H2,1H3,(H,25,28)(H,24,26,27). The van der Waals surface area contributed by atoms with Crippen molar-refractivity contribution in [3.63, 3.8) is 0 Å². The first-order chi connectivity index (χ1) is 13.6. The van der Waals surface area contributed by atoms with Crippen molar-refractivity contribution < 1.29 is 9.18 Å². The fraction of sp³-hybridized carbons (Fsp3) is 0.200. The quantitative estimate of drug-likeness (QED) is 0.632. The maximum atomic E-state index is 13.4. The molecule has 0 saturated carbocycles. The van der Waals surface area contributed by atoms with Gasteiger partial charge >= 0.3 is 0 Å². The molecule has 1 aliphatic rings. The summed E-state index contributed by atoms with van der Waals surface area (Å²) in [7, 11) is 0. The highest BCUT2D eigenvalue weighted by molar-refractivity contribution is 5.94. The first-order valence-corrected chi connectivity index (χ1v) is 8.91. The molecule has 0 fully saturated rings. The van der Waals surface area contributed by atoms with Crippen molar-refractivity contribution in [3.05, 3.63) is 65.4 Å². The number of amides is 1. The van der Waals surface area contributed by atoms with Crippen LogP contribution in [0.1, 0.15) is 16.8 Å². The Morgan fingerprint density at radius 3 is 2.96 bits per heavy atom. The van der Waals surface area contributed by atoms with Gasteiger partial charge in [0.1, 0.15) is 11.6 Å². The molecule has 0 atom stereocenters. The molecule has 3 N–H and O–H groups in total. The minimum atomic E-state index is -0.394. The van der Waals surface area contributed by atoms with Crippen LogP contribution in [0.5, 0.6) is 0 Å². The molecule has 1 aromatic carbocycles. The number of carbonyl (C=O) groups excluding carboxylic acids is 1. The Kier molecular flexibility index (Phi) is 4.94. The van der Waals surface area contributed by atoms with Crippen molar-refractivity contribution >= 4 is 17.4 Å². The normalized spacial score (nSPS) is 12.5. The lowest BCUT2D eigenvalue weighted by molar-refractivity contribution is -0.114. The molecule has 3 aromatic rings. The number of aromatic nitrogens is 3. The number of halogens is 1. The van der Waals surface area contributed by atoms with Gasteiger partial charge in [-0.1, -0.05) is 6.07 Å². The van der Waals surface area contributed by atoms with Gasteiger partial charge < -0.3 is 16.0 Å². The third-order valence-corrected chi connectivity index (χ3v) is 4.50. The largest absolute Gasteiger partial charge is 0.361 e. The second-order valence-corrected chi connectivity index (χ2v) is 6.53. The van der Waals surface area contributed by atoms with E-state index in [-0.39, 0.29) is 12.5 Å². The number of nitrogens with zero attached hydrogens (tertiary/aromatic N) is 3. The van der Waals surface area contributed by atoms with E-state index in [9.17, 15) is 9.18 Å². The van der Waals surface area contributed by atoms with Gasteiger partial charge in [0.25, 0.3) is 0 Å². The van der Waals surface area contributed by atoms with E-state index in [4.69, 9.17) is 0 Å². The van der Waals surface area contributed by atoms with Crippen molar-refractivity contribution in [1.29, 1.82) is 0 Å². The molecular formula is C20H19FN6O. The minimum Gasteiger partial charge on any atom is -0.361 e. The highest BCUT2D eigenvalue weighted by atomic mass is 19.1. The van der Waals surface area contributed by atoms with Crippen LogP contribution >= 0.6 is 0 Å². The van der Waals surface area contributed by atoms with Crippen molar-refractivity contribution in [2.75, 3.05) is 17.2 Å². The van der Waals surface area contributed by atoms with E-state index in [0.29, 0.717) is 30.4 Å². The van der Waals surface area contributed by atoms with Crippen LogP contribution in [-0.4, -0.2) is 27.4 Å². The maximum absolute atomic E-state index is 13.4. The topological polar surface area (TPSA) is 91.8 Å². The number of anilines is 2. The molecule has 28 heavy (non-hydrogen) atoms. The smallest absolute Gasteiger partial charge is 0.243 e. The second-order valence-electron chi connectivity index (χ2n) is 6.53. The molecule has 1 aliphatic heterocycles. The molecule has 4 rings (SSSR count). The van der Waals surface area contributed by atoms with Gasteiger partial charge in [-0.15, -0.1) is 0 Å². The van der Waals surface area contributed by atoms with E-state index in [1.807, 2.05) is 19.1 Å². The van der Waals surface area contributed by atoms with E-state index < -0.39 is 5.82 Å². The highest BCUT2D eigenvalue weighted by Crippen LogP contribution is 2.25. The Balaban J connectivity index is 1.52. The zero-order valence-electron chi connectivity index (χ0n) is 15.3. The molecule has 7 nitrogen and oxygen atoms in total. The summed E-state index contributed by atoms with van der Waals surface area (Å²) in [5.74, 6) is 0.490. The predicted molar refractivity (Wildman–Crippen MR) is 104 cm³/mol. The van der Waals surface area contributed by atoms with Crippen molar-refractivity contribution in [2.24, 2.45) is 0 Å². The Bertz CT molecular complexity index is 1020. The van der Waals surface area contributed by atoms with Gasteiger partial charge in [-0.3, -0.25) is 9.78 Å². The van der Waals surface area contributed by atoms with Gasteiger partial charge in [-0.05, 0) is 36.8 Å². The van der Waals surface area contributed by atoms with Crippen LogP contribution in [0.2, 0.25) is 0 Å². The summed E-state index contributed by atoms with van der Waals surface area (Å²) < 4.78 is 13.4. The fourth-order valence-electron chi connectivity index (χ4n) is 3.03. The lowest BCUT2D eigenvalue weighted by atomic mass is 10.2. The molecule has 0 bridgehead atoms. The SMILES string of the molecule is Cc1ccc(F)cc1NC(=O)CNc1nc(-c2cccnc2)nc2c1CNC2. The molecule has 2 aromatic heterocycles. The zero-order chi connectivity index (χ0) is 19.5. The summed E-state index contributed by atoms with van der Waals surface area (Å²) >= 11 is 0. The Labute approximate surface area is 161 Å². The molecule has 0 aliphatic carbocycles. The summed E-state index contributed by atoms with van der Waals surface area (Å²) in [4.78, 5) is 25.6. The summed E-state index contributed by atoms with van der Waals surface area (Å²) in [5.41, 5.74) is 3.90. The molecule has 142 valence electrons. The first-order valence-electron chi connectivity index (χ1n) is 8.91. The molecule has 8 heteroatoms. The van der Waals surface area contributed by atoms with Gasteiger partial charge in [0, 0.05) is 42.3 Å². The third-order valence-electron chi connectivity index (χ3n) is 4.50. The Morgan fingerprint density at radius 2 is 2.14 bits per heavy atom. The van der Waals surface area contributed by atoms with Gasteiger partial charge in [0.15, 0.2) is 5.82 Å². The van der Waals surface area contributed by atoms with E-state index >= 15 is 0 Å². The lowest BCUT2D eigenvalue weighted by Crippen LogP contribution is -2.23. The van der Waals surface area contributed by atoms with Crippen LogP contribution in [0.25, 0.3) is 11.4 Å². The number of rotatable bonds is 5. The average molecular weight is 378 g/mol. The molecule has 1 amide bonds. The van der Waals surface area contributed by atoms with Gasteiger partial charge in [-0.2, -0.15) is 0 Å². The number of hydrogen-bond donors (Lipinski definition) is 3. The van der Waals surface area contributed by atoms with Crippen molar-refractivity contribution in [2.45, 2.75) is 20.0 Å². The molecule has 0 unspecified atom stereocenters. The number of pyridine rings is 1. The number of carbonyl (C=O) groups is 1. The summed E-state index contributed by atoms with van der Waals surface area (Å²) in [6, 6.07) is 8.01. The lowest BCUT2D eigenvalue weighted by Gasteiger charge is -2.13. The van der Waals surface area contributed by atoms with Crippen LogP contribution in [0, 0.1) is 12.7 Å². The van der Waals surface area contributed by atoms with Gasteiger partial charge in [0.05, 0.1) is 12.2 Å². The van der Waals surface area contributed by atoms with Crippen LogP contribution in [0.15, 0.2) is 42.7 Å². The molecule has 0 radical (unpaired) electrons. The van der Waals surface area contributed by atoms with Crippen LogP contribution in [0.3, 0.4) is 0 Å². The number of benzene rings is 1. The van der Waals surface area contributed by atoms with Gasteiger partial charge in [-0.25, -0.2) is 14.4 Å². The predicted octanol–water partition coefficient (Wildman–Crippen LogP) is 2.64. The summed E-state index contributed by atoms with van der Waals surface area (Å²) in [5, 5.41) is 9.06.